The van der Waals surface area contributed by atoms with Crippen molar-refractivity contribution in [1.29, 1.82) is 0 Å². The molecule has 1 N–H and O–H groups in total. The molecule has 0 fully saturated rings. The minimum absolute atomic E-state index is 0.272. The van der Waals surface area contributed by atoms with E-state index in [1.807, 2.05) is 48.5 Å². The average Bonchev–Trinajstić information content (AvgIpc) is 2.81. The normalized spacial score (nSPS) is 15.0. The van der Waals surface area contributed by atoms with Crippen LogP contribution in [0.3, 0.4) is 0 Å². The number of amides is 1. The van der Waals surface area contributed by atoms with Gasteiger partial charge in [-0.3, -0.25) is 4.79 Å². The Morgan fingerprint density at radius 1 is 0.889 bits per heavy atom. The molecule has 27 heavy (non-hydrogen) atoms. The second-order valence-electron chi connectivity index (χ2n) is 6.02. The number of rotatable bonds is 2. The molecule has 132 valence electrons. The zero-order chi connectivity index (χ0) is 18.8. The third-order valence-corrected chi connectivity index (χ3v) is 4.77. The first-order valence-electron chi connectivity index (χ1n) is 8.33. The van der Waals surface area contributed by atoms with Crippen LogP contribution in [-0.2, 0) is 4.79 Å². The molecule has 5 heteroatoms. The molecule has 0 aliphatic carbocycles. The molecule has 0 atom stereocenters. The van der Waals surface area contributed by atoms with Crippen LogP contribution in [0.1, 0.15) is 16.7 Å². The van der Waals surface area contributed by atoms with E-state index in [-0.39, 0.29) is 11.6 Å². The number of hydrogen-bond acceptors (Lipinski definition) is 2. The summed E-state index contributed by atoms with van der Waals surface area (Å²) in [6, 6.07) is 22.4. The highest BCUT2D eigenvalue weighted by molar-refractivity contribution is 6.33. The van der Waals surface area contributed by atoms with Gasteiger partial charge in [0.25, 0.3) is 5.91 Å². The SMILES string of the molecule is O=C1Nc2ccc(Cl)cc2C(c2ccccc2)=N/C1=C/c1ccccc1Cl. The van der Waals surface area contributed by atoms with Gasteiger partial charge in [-0.05, 0) is 35.9 Å². The van der Waals surface area contributed by atoms with Gasteiger partial charge in [0.2, 0.25) is 0 Å². The van der Waals surface area contributed by atoms with Crippen molar-refractivity contribution in [2.45, 2.75) is 0 Å². The van der Waals surface area contributed by atoms with Gasteiger partial charge >= 0.3 is 0 Å². The summed E-state index contributed by atoms with van der Waals surface area (Å²) in [6.45, 7) is 0. The molecule has 0 bridgehead atoms. The smallest absolute Gasteiger partial charge is 0.274 e. The van der Waals surface area contributed by atoms with Gasteiger partial charge in [0, 0.05) is 21.2 Å². The van der Waals surface area contributed by atoms with Crippen LogP contribution >= 0.6 is 23.2 Å². The Morgan fingerprint density at radius 3 is 2.41 bits per heavy atom. The van der Waals surface area contributed by atoms with Crippen LogP contribution in [0, 0.1) is 0 Å². The lowest BCUT2D eigenvalue weighted by atomic mass is 10.0. The summed E-state index contributed by atoms with van der Waals surface area (Å²) >= 11 is 12.5. The number of halogens is 2. The van der Waals surface area contributed by atoms with E-state index in [0.29, 0.717) is 21.4 Å². The van der Waals surface area contributed by atoms with Gasteiger partial charge in [-0.15, -0.1) is 0 Å². The van der Waals surface area contributed by atoms with Crippen molar-refractivity contribution >= 4 is 46.6 Å². The molecule has 0 saturated carbocycles. The summed E-state index contributed by atoms with van der Waals surface area (Å²) < 4.78 is 0. The first-order chi connectivity index (χ1) is 13.1. The van der Waals surface area contributed by atoms with Crippen molar-refractivity contribution in [2.24, 2.45) is 4.99 Å². The summed E-state index contributed by atoms with van der Waals surface area (Å²) in [4.78, 5) is 17.5. The quantitative estimate of drug-likeness (QED) is 0.548. The molecule has 0 saturated heterocycles. The highest BCUT2D eigenvalue weighted by Crippen LogP contribution is 2.29. The van der Waals surface area contributed by atoms with E-state index in [1.165, 1.54) is 0 Å². The molecule has 0 spiro atoms. The summed E-state index contributed by atoms with van der Waals surface area (Å²) in [5.74, 6) is -0.301. The fourth-order valence-corrected chi connectivity index (χ4v) is 3.25. The maximum atomic E-state index is 12.8. The fraction of sp³-hybridized carbons (Fsp3) is 0. The molecule has 1 heterocycles. The molecule has 3 aromatic carbocycles. The molecule has 0 radical (unpaired) electrons. The van der Waals surface area contributed by atoms with E-state index in [4.69, 9.17) is 28.2 Å². The van der Waals surface area contributed by atoms with Crippen molar-refractivity contribution in [3.63, 3.8) is 0 Å². The Bertz CT molecular complexity index is 1090. The highest BCUT2D eigenvalue weighted by Gasteiger charge is 2.22. The number of anilines is 1. The molecule has 3 aromatic rings. The predicted molar refractivity (Wildman–Crippen MR) is 112 cm³/mol. The van der Waals surface area contributed by atoms with E-state index in [9.17, 15) is 4.79 Å². The molecule has 0 aromatic heterocycles. The number of benzodiazepines with no additional fused rings is 1. The number of nitrogens with zero attached hydrogens (tertiary/aromatic N) is 1. The molecule has 0 unspecified atom stereocenters. The van der Waals surface area contributed by atoms with E-state index in [2.05, 4.69) is 5.32 Å². The molecular formula is C22H14Cl2N2O. The summed E-state index contributed by atoms with van der Waals surface area (Å²) in [6.07, 6.45) is 1.69. The monoisotopic (exact) mass is 392 g/mol. The molecule has 4 rings (SSSR count). The van der Waals surface area contributed by atoms with Crippen molar-refractivity contribution in [3.05, 3.63) is 105 Å². The Labute approximate surface area is 167 Å². The zero-order valence-electron chi connectivity index (χ0n) is 14.1. The lowest BCUT2D eigenvalue weighted by molar-refractivity contribution is -0.112. The van der Waals surface area contributed by atoms with Crippen molar-refractivity contribution in [3.8, 4) is 0 Å². The third kappa shape index (κ3) is 3.65. The molecule has 3 nitrogen and oxygen atoms in total. The molecule has 1 aliphatic rings. The second kappa shape index (κ2) is 7.39. The van der Waals surface area contributed by atoms with Gasteiger partial charge in [-0.1, -0.05) is 71.7 Å². The van der Waals surface area contributed by atoms with Crippen LogP contribution in [-0.4, -0.2) is 11.6 Å². The lowest BCUT2D eigenvalue weighted by Crippen LogP contribution is -2.12. The van der Waals surface area contributed by atoms with Crippen LogP contribution in [0.5, 0.6) is 0 Å². The Balaban J connectivity index is 1.94. The maximum absolute atomic E-state index is 12.8. The number of fused-ring (bicyclic) bond motifs is 1. The topological polar surface area (TPSA) is 41.5 Å². The van der Waals surface area contributed by atoms with Gasteiger partial charge < -0.3 is 5.32 Å². The van der Waals surface area contributed by atoms with Crippen LogP contribution in [0.25, 0.3) is 6.08 Å². The van der Waals surface area contributed by atoms with Gasteiger partial charge in [-0.2, -0.15) is 0 Å². The minimum Gasteiger partial charge on any atom is -0.320 e. The van der Waals surface area contributed by atoms with Gasteiger partial charge in [0.15, 0.2) is 0 Å². The van der Waals surface area contributed by atoms with Crippen molar-refractivity contribution in [2.75, 3.05) is 5.32 Å². The van der Waals surface area contributed by atoms with Crippen LogP contribution in [0.2, 0.25) is 10.0 Å². The molecule has 1 aliphatic heterocycles. The highest BCUT2D eigenvalue weighted by atomic mass is 35.5. The number of nitrogens with one attached hydrogen (secondary N) is 1. The van der Waals surface area contributed by atoms with Gasteiger partial charge in [0.1, 0.15) is 5.70 Å². The summed E-state index contributed by atoms with van der Waals surface area (Å²) in [7, 11) is 0. The Morgan fingerprint density at radius 2 is 1.63 bits per heavy atom. The average molecular weight is 393 g/mol. The second-order valence-corrected chi connectivity index (χ2v) is 6.87. The summed E-state index contributed by atoms with van der Waals surface area (Å²) in [5, 5.41) is 4.04. The summed E-state index contributed by atoms with van der Waals surface area (Å²) in [5.41, 5.74) is 3.99. The van der Waals surface area contributed by atoms with Gasteiger partial charge in [-0.25, -0.2) is 4.99 Å². The Kier molecular flexibility index (Phi) is 4.80. The largest absolute Gasteiger partial charge is 0.320 e. The maximum Gasteiger partial charge on any atom is 0.274 e. The number of aliphatic imine (C=N–C) groups is 1. The first kappa shape index (κ1) is 17.5. The van der Waals surface area contributed by atoms with Crippen molar-refractivity contribution < 1.29 is 4.79 Å². The number of benzene rings is 3. The standard InChI is InChI=1S/C22H14Cl2N2O/c23-16-10-11-19-17(13-16)21(14-6-2-1-3-7-14)25-20(22(27)26-19)12-15-8-4-5-9-18(15)24/h1-13H,(H,26,27)/b20-12+. The number of hydrogen-bond donors (Lipinski definition) is 1. The first-order valence-corrected chi connectivity index (χ1v) is 9.09. The lowest BCUT2D eigenvalue weighted by Gasteiger charge is -2.10. The van der Waals surface area contributed by atoms with E-state index >= 15 is 0 Å². The Hall–Kier alpha value is -2.88. The van der Waals surface area contributed by atoms with E-state index in [0.717, 1.165) is 16.7 Å². The van der Waals surface area contributed by atoms with E-state index in [1.54, 1.807) is 30.3 Å². The molecule has 1 amide bonds. The number of carbonyl (C=O) groups is 1. The fourth-order valence-electron chi connectivity index (χ4n) is 2.89. The van der Waals surface area contributed by atoms with E-state index < -0.39 is 0 Å². The van der Waals surface area contributed by atoms with Crippen molar-refractivity contribution in [1.82, 2.24) is 0 Å². The van der Waals surface area contributed by atoms with Gasteiger partial charge in [0.05, 0.1) is 11.4 Å². The number of carbonyl (C=O) groups excluding carboxylic acids is 1. The minimum atomic E-state index is -0.301. The van der Waals surface area contributed by atoms with Crippen LogP contribution in [0.4, 0.5) is 5.69 Å². The zero-order valence-corrected chi connectivity index (χ0v) is 15.6. The van der Waals surface area contributed by atoms with Crippen LogP contribution in [0.15, 0.2) is 83.5 Å². The predicted octanol–water partition coefficient (Wildman–Crippen LogP) is 5.82. The third-order valence-electron chi connectivity index (χ3n) is 4.19. The van der Waals surface area contributed by atoms with Crippen LogP contribution < -0.4 is 5.32 Å². The molecular weight excluding hydrogens is 379 g/mol.